The van der Waals surface area contributed by atoms with Crippen molar-refractivity contribution < 1.29 is 24.2 Å². The number of carbonyl (C=O) groups excluding carboxylic acids is 1. The van der Waals surface area contributed by atoms with Gasteiger partial charge in [-0.05, 0) is 54.8 Å². The molecule has 1 fully saturated rings. The lowest BCUT2D eigenvalue weighted by atomic mass is 10.1. The SMILES string of the molecule is Cc1cc(C)cc(OCCOc2ccc(CN3CC(C(=O)O)CC3=O)cc2)c1. The molecule has 1 aliphatic heterocycles. The molecule has 0 aromatic heterocycles. The lowest BCUT2D eigenvalue weighted by Gasteiger charge is -2.16. The summed E-state index contributed by atoms with van der Waals surface area (Å²) in [4.78, 5) is 24.5. The summed E-state index contributed by atoms with van der Waals surface area (Å²) < 4.78 is 11.4. The molecule has 0 saturated carbocycles. The first-order chi connectivity index (χ1) is 13.4. The van der Waals surface area contributed by atoms with Crippen LogP contribution in [0.4, 0.5) is 0 Å². The molecule has 6 nitrogen and oxygen atoms in total. The maximum absolute atomic E-state index is 11.9. The van der Waals surface area contributed by atoms with Crippen LogP contribution in [0.2, 0.25) is 0 Å². The molecular weight excluding hydrogens is 358 g/mol. The Balaban J connectivity index is 1.44. The topological polar surface area (TPSA) is 76.1 Å². The number of carbonyl (C=O) groups is 2. The van der Waals surface area contributed by atoms with E-state index in [1.54, 1.807) is 4.90 Å². The number of nitrogens with zero attached hydrogens (tertiary/aromatic N) is 1. The van der Waals surface area contributed by atoms with E-state index < -0.39 is 11.9 Å². The Bertz CT molecular complexity index is 826. The summed E-state index contributed by atoms with van der Waals surface area (Å²) in [6, 6.07) is 13.6. The molecule has 0 bridgehead atoms. The van der Waals surface area contributed by atoms with E-state index in [-0.39, 0.29) is 18.9 Å². The first kappa shape index (κ1) is 19.7. The Morgan fingerprint density at radius 3 is 2.21 bits per heavy atom. The molecule has 1 unspecified atom stereocenters. The minimum absolute atomic E-state index is 0.0803. The highest BCUT2D eigenvalue weighted by atomic mass is 16.5. The zero-order valence-electron chi connectivity index (χ0n) is 16.2. The highest BCUT2D eigenvalue weighted by Gasteiger charge is 2.33. The number of amides is 1. The van der Waals surface area contributed by atoms with Gasteiger partial charge in [-0.1, -0.05) is 18.2 Å². The Morgan fingerprint density at radius 2 is 1.64 bits per heavy atom. The predicted molar refractivity (Wildman–Crippen MR) is 105 cm³/mol. The van der Waals surface area contributed by atoms with Crippen LogP contribution in [-0.4, -0.2) is 41.6 Å². The van der Waals surface area contributed by atoms with Crippen molar-refractivity contribution in [2.75, 3.05) is 19.8 Å². The van der Waals surface area contributed by atoms with Crippen LogP contribution in [0.3, 0.4) is 0 Å². The number of ether oxygens (including phenoxy) is 2. The molecule has 3 rings (SSSR count). The third kappa shape index (κ3) is 5.25. The van der Waals surface area contributed by atoms with E-state index in [4.69, 9.17) is 14.6 Å². The number of rotatable bonds is 8. The highest BCUT2D eigenvalue weighted by Crippen LogP contribution is 2.21. The molecule has 0 radical (unpaired) electrons. The fourth-order valence-electron chi connectivity index (χ4n) is 3.34. The van der Waals surface area contributed by atoms with Gasteiger partial charge < -0.3 is 19.5 Å². The molecule has 0 aliphatic carbocycles. The third-order valence-corrected chi connectivity index (χ3v) is 4.68. The maximum atomic E-state index is 11.9. The summed E-state index contributed by atoms with van der Waals surface area (Å²) in [6.07, 6.45) is 0.0803. The van der Waals surface area contributed by atoms with E-state index in [1.165, 1.54) is 0 Å². The number of carboxylic acid groups (broad SMARTS) is 1. The fraction of sp³-hybridized carbons (Fsp3) is 0.364. The van der Waals surface area contributed by atoms with Crippen LogP contribution in [0.1, 0.15) is 23.1 Å². The van der Waals surface area contributed by atoms with E-state index in [0.717, 1.165) is 28.2 Å². The summed E-state index contributed by atoms with van der Waals surface area (Å²) >= 11 is 0. The van der Waals surface area contributed by atoms with Crippen molar-refractivity contribution >= 4 is 11.9 Å². The number of hydrogen-bond acceptors (Lipinski definition) is 4. The van der Waals surface area contributed by atoms with E-state index in [9.17, 15) is 9.59 Å². The standard InChI is InChI=1S/C22H25NO5/c1-15-9-16(2)11-20(10-15)28-8-7-27-19-5-3-17(4-6-19)13-23-14-18(22(25)26)12-21(23)24/h3-6,9-11,18H,7-8,12-14H2,1-2H3,(H,25,26). The van der Waals surface area contributed by atoms with E-state index in [2.05, 4.69) is 6.07 Å². The number of aliphatic carboxylic acids is 1. The largest absolute Gasteiger partial charge is 0.490 e. The van der Waals surface area contributed by atoms with E-state index in [1.807, 2.05) is 50.2 Å². The van der Waals surface area contributed by atoms with Crippen molar-refractivity contribution in [1.82, 2.24) is 4.90 Å². The third-order valence-electron chi connectivity index (χ3n) is 4.68. The van der Waals surface area contributed by atoms with Gasteiger partial charge in [-0.3, -0.25) is 9.59 Å². The number of likely N-dealkylation sites (tertiary alicyclic amines) is 1. The molecule has 2 aromatic carbocycles. The van der Waals surface area contributed by atoms with Crippen molar-refractivity contribution in [1.29, 1.82) is 0 Å². The quantitative estimate of drug-likeness (QED) is 0.709. The fourth-order valence-corrected chi connectivity index (χ4v) is 3.34. The van der Waals surface area contributed by atoms with Gasteiger partial charge in [0.15, 0.2) is 0 Å². The van der Waals surface area contributed by atoms with Gasteiger partial charge in [0.25, 0.3) is 0 Å². The normalized spacial score (nSPS) is 16.3. The number of benzene rings is 2. The maximum Gasteiger partial charge on any atom is 0.308 e. The second kappa shape index (κ2) is 8.78. The molecule has 1 aliphatic rings. The highest BCUT2D eigenvalue weighted by molar-refractivity contribution is 5.86. The van der Waals surface area contributed by atoms with E-state index in [0.29, 0.717) is 19.8 Å². The van der Waals surface area contributed by atoms with Crippen molar-refractivity contribution in [2.45, 2.75) is 26.8 Å². The summed E-state index contributed by atoms with van der Waals surface area (Å²) in [5.74, 6) is -0.0680. The summed E-state index contributed by atoms with van der Waals surface area (Å²) in [5.41, 5.74) is 3.27. The van der Waals surface area contributed by atoms with Gasteiger partial charge in [0, 0.05) is 19.5 Å². The summed E-state index contributed by atoms with van der Waals surface area (Å²) in [7, 11) is 0. The van der Waals surface area contributed by atoms with Crippen molar-refractivity contribution in [3.63, 3.8) is 0 Å². The molecule has 0 spiro atoms. The molecular formula is C22H25NO5. The number of hydrogen-bond donors (Lipinski definition) is 1. The molecule has 1 atom stereocenters. The van der Waals surface area contributed by atoms with Crippen LogP contribution in [0, 0.1) is 19.8 Å². The van der Waals surface area contributed by atoms with E-state index >= 15 is 0 Å². The summed E-state index contributed by atoms with van der Waals surface area (Å²) in [6.45, 7) is 5.63. The smallest absolute Gasteiger partial charge is 0.308 e. The molecule has 28 heavy (non-hydrogen) atoms. The molecule has 1 amide bonds. The zero-order chi connectivity index (χ0) is 20.1. The monoisotopic (exact) mass is 383 g/mol. The number of aryl methyl sites for hydroxylation is 2. The Morgan fingerprint density at radius 1 is 1.04 bits per heavy atom. The van der Waals surface area contributed by atoms with Crippen LogP contribution in [-0.2, 0) is 16.1 Å². The van der Waals surface area contributed by atoms with Crippen LogP contribution in [0.15, 0.2) is 42.5 Å². The van der Waals surface area contributed by atoms with Crippen molar-refractivity contribution in [3.05, 3.63) is 59.2 Å². The molecule has 2 aromatic rings. The van der Waals surface area contributed by atoms with Gasteiger partial charge in [0.2, 0.25) is 5.91 Å². The van der Waals surface area contributed by atoms with Crippen LogP contribution in [0.5, 0.6) is 11.5 Å². The summed E-state index contributed by atoms with van der Waals surface area (Å²) in [5, 5.41) is 9.05. The average Bonchev–Trinajstić information content (AvgIpc) is 3.00. The average molecular weight is 383 g/mol. The van der Waals surface area contributed by atoms with Gasteiger partial charge in [0.1, 0.15) is 24.7 Å². The lowest BCUT2D eigenvalue weighted by molar-refractivity contribution is -0.141. The Labute approximate surface area is 164 Å². The van der Waals surface area contributed by atoms with Gasteiger partial charge in [0.05, 0.1) is 5.92 Å². The molecule has 6 heteroatoms. The predicted octanol–water partition coefficient (Wildman–Crippen LogP) is 3.19. The number of carboxylic acids is 1. The van der Waals surface area contributed by atoms with Crippen molar-refractivity contribution in [3.8, 4) is 11.5 Å². The molecule has 1 heterocycles. The second-order valence-electron chi connectivity index (χ2n) is 7.18. The van der Waals surface area contributed by atoms with Crippen molar-refractivity contribution in [2.24, 2.45) is 5.92 Å². The molecule has 1 saturated heterocycles. The van der Waals surface area contributed by atoms with Gasteiger partial charge >= 0.3 is 5.97 Å². The zero-order valence-corrected chi connectivity index (χ0v) is 16.2. The second-order valence-corrected chi connectivity index (χ2v) is 7.18. The minimum atomic E-state index is -0.914. The van der Waals surface area contributed by atoms with Gasteiger partial charge in [-0.2, -0.15) is 0 Å². The van der Waals surface area contributed by atoms with Crippen LogP contribution >= 0.6 is 0 Å². The van der Waals surface area contributed by atoms with Crippen LogP contribution < -0.4 is 9.47 Å². The van der Waals surface area contributed by atoms with Gasteiger partial charge in [-0.25, -0.2) is 0 Å². The van der Waals surface area contributed by atoms with Crippen LogP contribution in [0.25, 0.3) is 0 Å². The first-order valence-electron chi connectivity index (χ1n) is 9.34. The molecule has 148 valence electrons. The molecule has 1 N–H and O–H groups in total. The Hall–Kier alpha value is -3.02. The minimum Gasteiger partial charge on any atom is -0.490 e. The Kier molecular flexibility index (Phi) is 6.19. The van der Waals surface area contributed by atoms with Gasteiger partial charge in [-0.15, -0.1) is 0 Å². The lowest BCUT2D eigenvalue weighted by Crippen LogP contribution is -2.25. The first-order valence-corrected chi connectivity index (χ1v) is 9.34.